The van der Waals surface area contributed by atoms with Crippen molar-refractivity contribution >= 4 is 38.0 Å². The zero-order valence-electron chi connectivity index (χ0n) is 17.7. The number of nitro benzene ring substituents is 1. The maximum Gasteiger partial charge on any atom is 1.00 e. The fourth-order valence-electron chi connectivity index (χ4n) is 2.41. The van der Waals surface area contributed by atoms with Gasteiger partial charge in [0.15, 0.2) is 5.75 Å². The zero-order valence-corrected chi connectivity index (χ0v) is 18.8. The molecule has 0 fully saturated rings. The molecule has 0 aliphatic carbocycles. The minimum Gasteiger partial charge on any atom is -0.506 e. The Morgan fingerprint density at radius 3 is 2.24 bits per heavy atom. The number of benzene rings is 3. The van der Waals surface area contributed by atoms with Crippen LogP contribution in [0, 0.1) is 10.1 Å². The van der Waals surface area contributed by atoms with E-state index in [1.54, 1.807) is 30.3 Å². The predicted molar refractivity (Wildman–Crippen MR) is 115 cm³/mol. The van der Waals surface area contributed by atoms with Gasteiger partial charge in [0.1, 0.15) is 22.0 Å². The topological polar surface area (TPSA) is 240 Å². The standard InChI is InChI=1S/C16H11N3O7S.C2H7NO.Cr.H2O/c20-13-6-5-9-3-1-2-4-11(9)15(13)18-17-12-7-10(19(22)23)8-14(16(12)21)27(24,25)26;3-1-2-4;;/h1-8,20-21H,(H,24,25,26);4H,1-3H2;;1H2/p+1. The molecule has 0 amide bonds. The molecule has 33 heavy (non-hydrogen) atoms. The Morgan fingerprint density at radius 1 is 1.09 bits per heavy atom. The summed E-state index contributed by atoms with van der Waals surface area (Å²) >= 11 is 0. The van der Waals surface area contributed by atoms with Crippen LogP contribution in [0.5, 0.6) is 11.5 Å². The molecule has 0 aliphatic heterocycles. The van der Waals surface area contributed by atoms with Crippen LogP contribution >= 0.6 is 0 Å². The summed E-state index contributed by atoms with van der Waals surface area (Å²) in [6.07, 6.45) is 0. The molecule has 178 valence electrons. The Bertz CT molecular complexity index is 1260. The molecule has 0 saturated heterocycles. The largest absolute Gasteiger partial charge is 1.00 e. The van der Waals surface area contributed by atoms with Crippen molar-refractivity contribution in [2.45, 2.75) is 4.90 Å². The van der Waals surface area contributed by atoms with Gasteiger partial charge < -0.3 is 26.5 Å². The summed E-state index contributed by atoms with van der Waals surface area (Å²) in [6.45, 7) is 0.472. The summed E-state index contributed by atoms with van der Waals surface area (Å²) in [5, 5.41) is 47.5. The van der Waals surface area contributed by atoms with Gasteiger partial charge in [0.25, 0.3) is 15.8 Å². The molecule has 3 aromatic rings. The van der Waals surface area contributed by atoms with E-state index in [2.05, 4.69) is 10.2 Å². The zero-order chi connectivity index (χ0) is 23.2. The molecule has 0 aliphatic rings. The van der Waals surface area contributed by atoms with Crippen LogP contribution in [0.2, 0.25) is 0 Å². The molecule has 3 rings (SSSR count). The smallest absolute Gasteiger partial charge is 0.506 e. The number of nitro groups is 1. The van der Waals surface area contributed by atoms with Gasteiger partial charge >= 0.3 is 1.43 Å². The van der Waals surface area contributed by atoms with E-state index in [0.717, 1.165) is 11.5 Å². The van der Waals surface area contributed by atoms with Crippen LogP contribution in [0.15, 0.2) is 63.7 Å². The predicted octanol–water partition coefficient (Wildman–Crippen LogP) is 2.04. The molecule has 0 aromatic heterocycles. The van der Waals surface area contributed by atoms with Crippen LogP contribution in [0.25, 0.3) is 10.8 Å². The molecule has 3 aromatic carbocycles. The summed E-state index contributed by atoms with van der Waals surface area (Å²) in [5.41, 5.74) is 3.51. The summed E-state index contributed by atoms with van der Waals surface area (Å²) < 4.78 is 31.8. The van der Waals surface area contributed by atoms with Gasteiger partial charge in [-0.2, -0.15) is 8.42 Å². The molecule has 8 N–H and O–H groups in total. The first-order valence-corrected chi connectivity index (χ1v) is 9.96. The Labute approximate surface area is 199 Å². The fourth-order valence-corrected chi connectivity index (χ4v) is 3.03. The number of aromatic hydroxyl groups is 2. The van der Waals surface area contributed by atoms with E-state index in [9.17, 15) is 28.7 Å². The second-order valence-corrected chi connectivity index (χ2v) is 7.30. The molecule has 0 spiro atoms. The van der Waals surface area contributed by atoms with E-state index in [4.69, 9.17) is 15.4 Å². The number of aliphatic hydroxyl groups excluding tert-OH is 1. The van der Waals surface area contributed by atoms with Gasteiger partial charge in [0.2, 0.25) is 0 Å². The van der Waals surface area contributed by atoms with Crippen molar-refractivity contribution in [1.29, 1.82) is 0 Å². The number of rotatable bonds is 5. The Balaban J connectivity index is 0. The first-order chi connectivity index (χ1) is 14.6. The van der Waals surface area contributed by atoms with Crippen LogP contribution < -0.4 is 5.73 Å². The van der Waals surface area contributed by atoms with E-state index < -0.39 is 37.1 Å². The number of nitrogens with zero attached hydrogens (tertiary/aromatic N) is 3. The van der Waals surface area contributed by atoms with Crippen molar-refractivity contribution in [1.82, 2.24) is 0 Å². The van der Waals surface area contributed by atoms with Crippen LogP contribution in [-0.2, 0) is 27.5 Å². The molecule has 0 saturated carbocycles. The average molecular weight is 521 g/mol. The van der Waals surface area contributed by atoms with E-state index in [-0.39, 0.29) is 42.3 Å². The first kappa shape index (κ1) is 29.8. The second kappa shape index (κ2) is 12.8. The maximum atomic E-state index is 11.3. The van der Waals surface area contributed by atoms with Gasteiger partial charge in [-0.25, -0.2) is 0 Å². The first-order valence-electron chi connectivity index (χ1n) is 8.52. The molecular weight excluding hydrogens is 500 g/mol. The normalized spacial score (nSPS) is 10.6. The number of phenols is 2. The molecule has 0 atom stereocenters. The van der Waals surface area contributed by atoms with Gasteiger partial charge in [-0.05, 0) is 11.5 Å². The summed E-state index contributed by atoms with van der Waals surface area (Å²) in [6, 6.07) is 11.2. The summed E-state index contributed by atoms with van der Waals surface area (Å²) in [4.78, 5) is 8.99. The number of hydrogen-bond acceptors (Lipinski definition) is 10. The van der Waals surface area contributed by atoms with Gasteiger partial charge in [0.05, 0.1) is 11.5 Å². The SMILES string of the molecule is NCCO.O.O=[N+]([O-])c1cc(N=Nc2c(O)ccc3ccccc23)c(O)c(S(=O)(=O)O)c1.[Cr].[H+]. The van der Waals surface area contributed by atoms with Crippen molar-refractivity contribution in [3.63, 3.8) is 0 Å². The van der Waals surface area contributed by atoms with Crippen molar-refractivity contribution in [2.75, 3.05) is 13.2 Å². The van der Waals surface area contributed by atoms with Gasteiger partial charge in [0, 0.05) is 41.4 Å². The minimum atomic E-state index is -4.94. The molecule has 0 heterocycles. The number of azo groups is 1. The summed E-state index contributed by atoms with van der Waals surface area (Å²) in [7, 11) is -4.94. The molecule has 15 heteroatoms. The van der Waals surface area contributed by atoms with E-state index in [1.807, 2.05) is 0 Å². The fraction of sp³-hybridized carbons (Fsp3) is 0.111. The number of nitrogens with two attached hydrogens (primary N) is 1. The average Bonchev–Trinajstić information content (AvgIpc) is 2.73. The van der Waals surface area contributed by atoms with Gasteiger partial charge in [-0.3, -0.25) is 14.7 Å². The van der Waals surface area contributed by atoms with Crippen LogP contribution in [0.3, 0.4) is 0 Å². The number of aliphatic hydroxyl groups is 1. The third-order valence-electron chi connectivity index (χ3n) is 3.79. The molecule has 0 unspecified atom stereocenters. The summed E-state index contributed by atoms with van der Waals surface area (Å²) in [5.74, 6) is -1.25. The van der Waals surface area contributed by atoms with E-state index in [1.165, 1.54) is 6.07 Å². The molecule has 0 radical (unpaired) electrons. The third-order valence-corrected chi connectivity index (χ3v) is 4.66. The Hall–Kier alpha value is -3.16. The molecule has 13 nitrogen and oxygen atoms in total. The minimum absolute atomic E-state index is 0. The monoisotopic (exact) mass is 521 g/mol. The van der Waals surface area contributed by atoms with Crippen LogP contribution in [-0.4, -0.2) is 51.8 Å². The van der Waals surface area contributed by atoms with Crippen LogP contribution in [0.4, 0.5) is 17.1 Å². The Morgan fingerprint density at radius 2 is 1.70 bits per heavy atom. The second-order valence-electron chi connectivity index (χ2n) is 5.91. The van der Waals surface area contributed by atoms with E-state index >= 15 is 0 Å². The third kappa shape index (κ3) is 7.44. The number of hydrogen-bond donors (Lipinski definition) is 5. The number of non-ortho nitro benzene ring substituents is 1. The van der Waals surface area contributed by atoms with Crippen molar-refractivity contribution in [3.05, 3.63) is 58.6 Å². The van der Waals surface area contributed by atoms with Crippen molar-refractivity contribution in [3.8, 4) is 11.5 Å². The van der Waals surface area contributed by atoms with Crippen molar-refractivity contribution in [2.24, 2.45) is 16.0 Å². The van der Waals surface area contributed by atoms with Crippen molar-refractivity contribution < 1.29 is 57.5 Å². The quantitative estimate of drug-likeness (QED) is 0.142. The number of fused-ring (bicyclic) bond motifs is 1. The molecular formula is C18H21CrN4O9S+. The maximum absolute atomic E-state index is 11.3. The number of phenolic OH excluding ortho intramolecular Hbond substituents is 2. The molecule has 0 bridgehead atoms. The van der Waals surface area contributed by atoms with Gasteiger partial charge in [-0.1, -0.05) is 30.3 Å². The van der Waals surface area contributed by atoms with E-state index in [0.29, 0.717) is 18.0 Å². The Kier molecular flexibility index (Phi) is 11.5. The van der Waals surface area contributed by atoms with Gasteiger partial charge in [-0.15, -0.1) is 10.2 Å². The van der Waals surface area contributed by atoms with Crippen LogP contribution in [0.1, 0.15) is 1.43 Å².